The predicted molar refractivity (Wildman–Crippen MR) is 55.8 cm³/mol. The second-order valence-electron chi connectivity index (χ2n) is 4.03. The van der Waals surface area contributed by atoms with Gasteiger partial charge < -0.3 is 10.1 Å². The molecule has 0 spiro atoms. The normalized spacial score (nSPS) is 28.1. The molecule has 2 heterocycles. The maximum atomic E-state index is 13.3. The molecule has 0 amide bonds. The number of ether oxygens (including phenoxy) is 1. The average Bonchev–Trinajstić information content (AvgIpc) is 2.57. The van der Waals surface area contributed by atoms with Gasteiger partial charge >= 0.3 is 0 Å². The third-order valence-electron chi connectivity index (χ3n) is 3.07. The van der Waals surface area contributed by atoms with Crippen molar-refractivity contribution >= 4 is 11.6 Å². The summed E-state index contributed by atoms with van der Waals surface area (Å²) in [5.41, 5.74) is 0.904. The molecule has 15 heavy (non-hydrogen) atoms. The van der Waals surface area contributed by atoms with Crippen molar-refractivity contribution in [3.63, 3.8) is 0 Å². The second kappa shape index (κ2) is 3.35. The van der Waals surface area contributed by atoms with Gasteiger partial charge in [0.15, 0.2) is 0 Å². The smallest absolute Gasteiger partial charge is 0.142 e. The number of hydrogen-bond acceptors (Lipinski definition) is 2. The van der Waals surface area contributed by atoms with E-state index in [9.17, 15) is 4.39 Å². The van der Waals surface area contributed by atoms with Crippen LogP contribution in [0.5, 0.6) is 5.75 Å². The number of fused-ring (bicyclic) bond motifs is 3. The summed E-state index contributed by atoms with van der Waals surface area (Å²) in [7, 11) is 0. The van der Waals surface area contributed by atoms with Crippen molar-refractivity contribution in [1.29, 1.82) is 0 Å². The van der Waals surface area contributed by atoms with Gasteiger partial charge in [-0.05, 0) is 25.5 Å². The van der Waals surface area contributed by atoms with Gasteiger partial charge in [-0.1, -0.05) is 11.6 Å². The number of rotatable bonds is 0. The lowest BCUT2D eigenvalue weighted by atomic mass is 9.97. The van der Waals surface area contributed by atoms with Crippen molar-refractivity contribution in [2.24, 2.45) is 0 Å². The van der Waals surface area contributed by atoms with E-state index in [2.05, 4.69) is 5.32 Å². The van der Waals surface area contributed by atoms with Crippen LogP contribution in [-0.2, 0) is 0 Å². The summed E-state index contributed by atoms with van der Waals surface area (Å²) in [6.45, 7) is 0.966. The van der Waals surface area contributed by atoms with E-state index in [-0.39, 0.29) is 23.0 Å². The maximum Gasteiger partial charge on any atom is 0.142 e. The molecule has 2 aliphatic rings. The molecule has 2 aliphatic heterocycles. The minimum Gasteiger partial charge on any atom is -0.488 e. The standard InChI is InChI=1S/C11H11ClFNO/c12-7-5-10-6(4-8(7)13)11-9(15-10)2-1-3-14-11/h4-5,9,11,14H,1-3H2/t9-,11-/m0/s1. The van der Waals surface area contributed by atoms with Crippen LogP contribution in [0, 0.1) is 5.82 Å². The van der Waals surface area contributed by atoms with Gasteiger partial charge in [0.25, 0.3) is 0 Å². The zero-order valence-corrected chi connectivity index (χ0v) is 8.85. The van der Waals surface area contributed by atoms with E-state index in [0.29, 0.717) is 0 Å². The molecule has 0 radical (unpaired) electrons. The molecule has 1 saturated heterocycles. The summed E-state index contributed by atoms with van der Waals surface area (Å²) >= 11 is 5.71. The van der Waals surface area contributed by atoms with Crippen LogP contribution in [0.15, 0.2) is 12.1 Å². The number of halogens is 2. The molecule has 2 atom stereocenters. The quantitative estimate of drug-likeness (QED) is 0.736. The molecular formula is C11H11ClFNO. The highest BCUT2D eigenvalue weighted by molar-refractivity contribution is 6.30. The first-order valence-electron chi connectivity index (χ1n) is 5.14. The first-order chi connectivity index (χ1) is 7.25. The topological polar surface area (TPSA) is 21.3 Å². The van der Waals surface area contributed by atoms with E-state index >= 15 is 0 Å². The predicted octanol–water partition coefficient (Wildman–Crippen LogP) is 2.66. The van der Waals surface area contributed by atoms with Crippen LogP contribution < -0.4 is 10.1 Å². The molecule has 0 unspecified atom stereocenters. The highest BCUT2D eigenvalue weighted by atomic mass is 35.5. The zero-order valence-electron chi connectivity index (χ0n) is 8.09. The van der Waals surface area contributed by atoms with Gasteiger partial charge in [-0.3, -0.25) is 0 Å². The Morgan fingerprint density at radius 3 is 3.20 bits per heavy atom. The highest BCUT2D eigenvalue weighted by Crippen LogP contribution is 2.41. The molecule has 0 aromatic heterocycles. The Kier molecular flexibility index (Phi) is 2.11. The van der Waals surface area contributed by atoms with Crippen molar-refractivity contribution in [3.8, 4) is 5.75 Å². The Bertz CT molecular complexity index is 410. The van der Waals surface area contributed by atoms with Crippen molar-refractivity contribution < 1.29 is 9.13 Å². The van der Waals surface area contributed by atoms with E-state index in [4.69, 9.17) is 16.3 Å². The first-order valence-corrected chi connectivity index (χ1v) is 5.52. The summed E-state index contributed by atoms with van der Waals surface area (Å²) in [4.78, 5) is 0. The van der Waals surface area contributed by atoms with E-state index in [1.54, 1.807) is 6.07 Å². The molecule has 0 bridgehead atoms. The summed E-state index contributed by atoms with van der Waals surface area (Å²) in [5, 5.41) is 3.48. The van der Waals surface area contributed by atoms with Crippen molar-refractivity contribution in [2.75, 3.05) is 6.54 Å². The Morgan fingerprint density at radius 1 is 1.47 bits per heavy atom. The fourth-order valence-electron chi connectivity index (χ4n) is 2.35. The van der Waals surface area contributed by atoms with Crippen LogP contribution >= 0.6 is 11.6 Å². The summed E-state index contributed by atoms with van der Waals surface area (Å²) in [5.74, 6) is 0.359. The molecule has 3 rings (SSSR count). The molecule has 1 aromatic carbocycles. The first kappa shape index (κ1) is 9.43. The Morgan fingerprint density at radius 2 is 2.33 bits per heavy atom. The van der Waals surface area contributed by atoms with Gasteiger partial charge in [0.05, 0.1) is 11.1 Å². The highest BCUT2D eigenvalue weighted by Gasteiger charge is 2.36. The van der Waals surface area contributed by atoms with Crippen molar-refractivity contribution in [3.05, 3.63) is 28.5 Å². The van der Waals surface area contributed by atoms with Gasteiger partial charge in [0.2, 0.25) is 0 Å². The van der Waals surface area contributed by atoms with Crippen molar-refractivity contribution in [2.45, 2.75) is 25.0 Å². The third-order valence-corrected chi connectivity index (χ3v) is 3.36. The molecule has 4 heteroatoms. The molecule has 0 saturated carbocycles. The SMILES string of the molecule is Fc1cc2c(cc1Cl)O[C@H]1CCCN[C@@H]21. The van der Waals surface area contributed by atoms with Crippen LogP contribution in [0.2, 0.25) is 5.02 Å². The lowest BCUT2D eigenvalue weighted by molar-refractivity contribution is 0.154. The van der Waals surface area contributed by atoms with Gasteiger partial charge in [0.1, 0.15) is 17.7 Å². The van der Waals surface area contributed by atoms with E-state index in [1.165, 1.54) is 6.07 Å². The number of benzene rings is 1. The summed E-state index contributed by atoms with van der Waals surface area (Å²) < 4.78 is 19.1. The van der Waals surface area contributed by atoms with E-state index in [1.807, 2.05) is 0 Å². The molecule has 1 N–H and O–H groups in total. The van der Waals surface area contributed by atoms with Crippen LogP contribution in [0.25, 0.3) is 0 Å². The average molecular weight is 228 g/mol. The van der Waals surface area contributed by atoms with Crippen LogP contribution in [0.3, 0.4) is 0 Å². The molecule has 80 valence electrons. The number of hydrogen-bond donors (Lipinski definition) is 1. The maximum absolute atomic E-state index is 13.3. The summed E-state index contributed by atoms with van der Waals surface area (Å²) in [6.07, 6.45) is 2.27. The lowest BCUT2D eigenvalue weighted by Crippen LogP contribution is -2.36. The zero-order chi connectivity index (χ0) is 10.4. The van der Waals surface area contributed by atoms with Crippen LogP contribution in [-0.4, -0.2) is 12.6 Å². The molecule has 0 aliphatic carbocycles. The van der Waals surface area contributed by atoms with Crippen LogP contribution in [0.1, 0.15) is 24.4 Å². The van der Waals surface area contributed by atoms with Crippen molar-refractivity contribution in [1.82, 2.24) is 5.32 Å². The number of nitrogens with one attached hydrogen (secondary N) is 1. The molecular weight excluding hydrogens is 217 g/mol. The Hall–Kier alpha value is -0.800. The molecule has 2 nitrogen and oxygen atoms in total. The number of piperidine rings is 1. The molecule has 1 fully saturated rings. The largest absolute Gasteiger partial charge is 0.488 e. The summed E-state index contributed by atoms with van der Waals surface area (Å²) in [6, 6.07) is 3.20. The Labute approximate surface area is 92.4 Å². The van der Waals surface area contributed by atoms with Gasteiger partial charge in [-0.2, -0.15) is 0 Å². The molecule has 1 aromatic rings. The third kappa shape index (κ3) is 1.42. The fraction of sp³-hybridized carbons (Fsp3) is 0.455. The Balaban J connectivity index is 2.04. The van der Waals surface area contributed by atoms with E-state index in [0.717, 1.165) is 30.7 Å². The van der Waals surface area contributed by atoms with Gasteiger partial charge in [-0.25, -0.2) is 4.39 Å². The minimum absolute atomic E-state index is 0.132. The van der Waals surface area contributed by atoms with E-state index < -0.39 is 0 Å². The van der Waals surface area contributed by atoms with Gasteiger partial charge in [-0.15, -0.1) is 0 Å². The van der Waals surface area contributed by atoms with Crippen LogP contribution in [0.4, 0.5) is 4.39 Å². The van der Waals surface area contributed by atoms with Gasteiger partial charge in [0, 0.05) is 11.6 Å². The minimum atomic E-state index is -0.368. The monoisotopic (exact) mass is 227 g/mol. The second-order valence-corrected chi connectivity index (χ2v) is 4.44. The fourth-order valence-corrected chi connectivity index (χ4v) is 2.50. The lowest BCUT2D eigenvalue weighted by Gasteiger charge is -2.25.